The number of halogens is 3. The van der Waals surface area contributed by atoms with Gasteiger partial charge in [0, 0.05) is 18.8 Å². The number of alkyl halides is 3. The average Bonchev–Trinajstić information content (AvgIpc) is 2.28. The van der Waals surface area contributed by atoms with Gasteiger partial charge in [0.1, 0.15) is 0 Å². The molecule has 1 heterocycles. The minimum absolute atomic E-state index is 0.135. The van der Waals surface area contributed by atoms with Crippen LogP contribution in [-0.4, -0.2) is 52.9 Å². The number of nitrogens with zero attached hydrogens (tertiary/aromatic N) is 2. The average molecular weight is 280 g/mol. The van der Waals surface area contributed by atoms with Crippen molar-refractivity contribution < 1.29 is 27.9 Å². The summed E-state index contributed by atoms with van der Waals surface area (Å²) in [7, 11) is 0. The topological polar surface area (TPSA) is 70.0 Å². The molecule has 0 spiro atoms. The van der Waals surface area contributed by atoms with Gasteiger partial charge in [0.25, 0.3) is 0 Å². The Morgan fingerprint density at radius 2 is 1.84 bits per heavy atom. The number of aliphatic imine (C=N–C) groups is 1. The van der Waals surface area contributed by atoms with Crippen molar-refractivity contribution in [1.82, 2.24) is 4.90 Å². The van der Waals surface area contributed by atoms with Gasteiger partial charge in [-0.05, 0) is 19.8 Å². The molecule has 0 bridgehead atoms. The minimum atomic E-state index is -4.83. The summed E-state index contributed by atoms with van der Waals surface area (Å²) in [6, 6.07) is -0.211. The summed E-state index contributed by atoms with van der Waals surface area (Å²) in [5, 5.41) is 8.74. The van der Waals surface area contributed by atoms with Crippen LogP contribution >= 0.6 is 0 Å². The van der Waals surface area contributed by atoms with E-state index in [1.165, 1.54) is 11.8 Å². The van der Waals surface area contributed by atoms with Crippen LogP contribution < -0.4 is 0 Å². The fourth-order valence-corrected chi connectivity index (χ4v) is 1.88. The number of piperidine rings is 1. The van der Waals surface area contributed by atoms with Crippen molar-refractivity contribution in [2.45, 2.75) is 38.4 Å². The number of carboxylic acid groups (broad SMARTS) is 1. The highest BCUT2D eigenvalue weighted by molar-refractivity contribution is 6.03. The Hall–Kier alpha value is -1.60. The third-order valence-electron chi connectivity index (χ3n) is 2.87. The second-order valence-corrected chi connectivity index (χ2v) is 4.46. The van der Waals surface area contributed by atoms with Gasteiger partial charge in [0.15, 0.2) is 0 Å². The normalized spacial score (nSPS) is 18.5. The summed E-state index contributed by atoms with van der Waals surface area (Å²) in [6.45, 7) is 2.00. The number of rotatable bonds is 3. The van der Waals surface area contributed by atoms with Gasteiger partial charge in [-0.1, -0.05) is 0 Å². The lowest BCUT2D eigenvalue weighted by Crippen LogP contribution is -2.39. The van der Waals surface area contributed by atoms with Crippen molar-refractivity contribution in [1.29, 1.82) is 0 Å². The van der Waals surface area contributed by atoms with Crippen molar-refractivity contribution in [3.63, 3.8) is 0 Å². The molecule has 0 aromatic carbocycles. The number of ketones is 1. The van der Waals surface area contributed by atoms with E-state index >= 15 is 0 Å². The van der Waals surface area contributed by atoms with Gasteiger partial charge in [0.05, 0.1) is 12.5 Å². The van der Waals surface area contributed by atoms with Crippen LogP contribution in [0, 0.1) is 0 Å². The van der Waals surface area contributed by atoms with Crippen molar-refractivity contribution in [2.24, 2.45) is 4.99 Å². The van der Waals surface area contributed by atoms with E-state index in [-0.39, 0.29) is 11.8 Å². The van der Waals surface area contributed by atoms with Crippen LogP contribution in [0.15, 0.2) is 4.99 Å². The molecule has 1 saturated heterocycles. The monoisotopic (exact) mass is 280 g/mol. The van der Waals surface area contributed by atoms with Crippen LogP contribution in [0.4, 0.5) is 18.0 Å². The zero-order chi connectivity index (χ0) is 14.6. The first-order valence-electron chi connectivity index (χ1n) is 5.81. The van der Waals surface area contributed by atoms with Gasteiger partial charge < -0.3 is 10.0 Å². The highest BCUT2D eigenvalue weighted by Crippen LogP contribution is 2.19. The highest BCUT2D eigenvalue weighted by atomic mass is 19.4. The van der Waals surface area contributed by atoms with E-state index in [1.807, 2.05) is 0 Å². The number of hydrogen-bond acceptors (Lipinski definition) is 3. The number of likely N-dealkylation sites (tertiary alicyclic amines) is 1. The quantitative estimate of drug-likeness (QED) is 0.805. The lowest BCUT2D eigenvalue weighted by molar-refractivity contribution is -0.169. The van der Waals surface area contributed by atoms with Crippen LogP contribution in [0.25, 0.3) is 0 Å². The molecule has 1 fully saturated rings. The first-order valence-corrected chi connectivity index (χ1v) is 5.81. The summed E-state index contributed by atoms with van der Waals surface area (Å²) in [6.07, 6.45) is -5.65. The van der Waals surface area contributed by atoms with Gasteiger partial charge in [-0.15, -0.1) is 0 Å². The summed E-state index contributed by atoms with van der Waals surface area (Å²) in [5.41, 5.74) is 0.135. The Labute approximate surface area is 108 Å². The molecule has 0 aliphatic carbocycles. The lowest BCUT2D eigenvalue weighted by Gasteiger charge is -2.28. The van der Waals surface area contributed by atoms with E-state index in [1.54, 1.807) is 0 Å². The second-order valence-electron chi connectivity index (χ2n) is 4.46. The molecule has 8 heteroatoms. The molecule has 0 radical (unpaired) electrons. The minimum Gasteiger partial charge on any atom is -0.465 e. The predicted molar refractivity (Wildman–Crippen MR) is 61.4 cm³/mol. The standard InChI is InChI=1S/C11H15F3N2O3/c1-7(6-9(17)11(12,13)14)15-8-2-4-16(5-3-8)10(18)19/h8H,2-6H2,1H3,(H,18,19). The van der Waals surface area contributed by atoms with Crippen molar-refractivity contribution in [3.8, 4) is 0 Å². The highest BCUT2D eigenvalue weighted by Gasteiger charge is 2.38. The molecule has 0 saturated carbocycles. The number of carbonyl (C=O) groups excluding carboxylic acids is 1. The van der Waals surface area contributed by atoms with E-state index in [4.69, 9.17) is 5.11 Å². The molecule has 19 heavy (non-hydrogen) atoms. The first-order chi connectivity index (χ1) is 8.70. The SMILES string of the molecule is CC(CC(=O)C(F)(F)F)=NC1CCN(C(=O)O)CC1. The van der Waals surface area contributed by atoms with Gasteiger partial charge in [-0.25, -0.2) is 4.79 Å². The van der Waals surface area contributed by atoms with Gasteiger partial charge in [-0.3, -0.25) is 9.79 Å². The molecule has 0 aromatic rings. The van der Waals surface area contributed by atoms with Crippen molar-refractivity contribution in [3.05, 3.63) is 0 Å². The van der Waals surface area contributed by atoms with Crippen LogP contribution in [0.5, 0.6) is 0 Å². The number of Topliss-reactive ketones (excluding diaryl/α,β-unsaturated/α-hetero) is 1. The summed E-state index contributed by atoms with van der Waals surface area (Å²) >= 11 is 0. The molecule has 1 amide bonds. The molecular weight excluding hydrogens is 265 g/mol. The largest absolute Gasteiger partial charge is 0.465 e. The number of amides is 1. The lowest BCUT2D eigenvalue weighted by atomic mass is 10.1. The molecule has 0 unspecified atom stereocenters. The van der Waals surface area contributed by atoms with Gasteiger partial charge in [-0.2, -0.15) is 13.2 Å². The van der Waals surface area contributed by atoms with Gasteiger partial charge >= 0.3 is 12.3 Å². The Morgan fingerprint density at radius 3 is 2.26 bits per heavy atom. The van der Waals surface area contributed by atoms with E-state index < -0.39 is 24.5 Å². The summed E-state index contributed by atoms with van der Waals surface area (Å²) in [5.74, 6) is -1.81. The van der Waals surface area contributed by atoms with Crippen LogP contribution in [0.3, 0.4) is 0 Å². The smallest absolute Gasteiger partial charge is 0.450 e. The number of carbonyl (C=O) groups is 2. The third-order valence-corrected chi connectivity index (χ3v) is 2.87. The third kappa shape index (κ3) is 4.88. The Balaban J connectivity index is 2.48. The molecule has 108 valence electrons. The molecule has 1 rings (SSSR count). The van der Waals surface area contributed by atoms with E-state index in [2.05, 4.69) is 4.99 Å². The van der Waals surface area contributed by atoms with Crippen LogP contribution in [-0.2, 0) is 4.79 Å². The molecule has 5 nitrogen and oxygen atoms in total. The summed E-state index contributed by atoms with van der Waals surface area (Å²) < 4.78 is 36.2. The Kier molecular flexibility index (Phi) is 4.90. The van der Waals surface area contributed by atoms with Gasteiger partial charge in [0.2, 0.25) is 5.78 Å². The zero-order valence-electron chi connectivity index (χ0n) is 10.4. The maximum absolute atomic E-state index is 12.1. The van der Waals surface area contributed by atoms with E-state index in [0.29, 0.717) is 25.9 Å². The van der Waals surface area contributed by atoms with Crippen LogP contribution in [0.2, 0.25) is 0 Å². The molecule has 1 aliphatic rings. The Morgan fingerprint density at radius 1 is 1.32 bits per heavy atom. The summed E-state index contributed by atoms with van der Waals surface area (Å²) in [4.78, 5) is 26.7. The molecule has 0 atom stereocenters. The maximum atomic E-state index is 12.1. The molecule has 1 aliphatic heterocycles. The van der Waals surface area contributed by atoms with Crippen LogP contribution in [0.1, 0.15) is 26.2 Å². The second kappa shape index (κ2) is 6.03. The zero-order valence-corrected chi connectivity index (χ0v) is 10.4. The fraction of sp³-hybridized carbons (Fsp3) is 0.727. The number of hydrogen-bond donors (Lipinski definition) is 1. The Bertz CT molecular complexity index is 385. The van der Waals surface area contributed by atoms with Crippen molar-refractivity contribution >= 4 is 17.6 Å². The fourth-order valence-electron chi connectivity index (χ4n) is 1.88. The molecule has 0 aromatic heterocycles. The molecule has 1 N–H and O–H groups in total. The maximum Gasteiger partial charge on any atom is 0.450 e. The van der Waals surface area contributed by atoms with E-state index in [9.17, 15) is 22.8 Å². The first kappa shape index (κ1) is 15.5. The van der Waals surface area contributed by atoms with Crippen molar-refractivity contribution in [2.75, 3.05) is 13.1 Å². The van der Waals surface area contributed by atoms with E-state index in [0.717, 1.165) is 0 Å². The predicted octanol–water partition coefficient (Wildman–Crippen LogP) is 2.11. The molecular formula is C11H15F3N2O3.